The predicted octanol–water partition coefficient (Wildman–Crippen LogP) is 0.585. The SMILES string of the molecule is Nc1cc(S(=O)C(F)(F)F)c[nH]c1=O. The number of hydrogen-bond donors (Lipinski definition) is 2. The van der Waals surface area contributed by atoms with Crippen molar-refractivity contribution < 1.29 is 17.4 Å². The molecule has 1 heterocycles. The number of alkyl halides is 3. The number of halogens is 3. The quantitative estimate of drug-likeness (QED) is 0.735. The number of hydrogen-bond acceptors (Lipinski definition) is 3. The van der Waals surface area contributed by atoms with Gasteiger partial charge in [-0.1, -0.05) is 0 Å². The van der Waals surface area contributed by atoms with Gasteiger partial charge < -0.3 is 10.7 Å². The van der Waals surface area contributed by atoms with Crippen molar-refractivity contribution in [3.63, 3.8) is 0 Å². The zero-order chi connectivity index (χ0) is 10.9. The van der Waals surface area contributed by atoms with Crippen LogP contribution in [0.4, 0.5) is 18.9 Å². The van der Waals surface area contributed by atoms with E-state index in [9.17, 15) is 22.2 Å². The number of nitrogens with two attached hydrogens (primary N) is 1. The van der Waals surface area contributed by atoms with Crippen molar-refractivity contribution in [1.29, 1.82) is 0 Å². The maximum atomic E-state index is 11.9. The van der Waals surface area contributed by atoms with E-state index in [4.69, 9.17) is 5.73 Å². The molecule has 0 aliphatic rings. The lowest BCUT2D eigenvalue weighted by atomic mass is 10.4. The maximum absolute atomic E-state index is 11.9. The minimum Gasteiger partial charge on any atom is -0.394 e. The van der Waals surface area contributed by atoms with Gasteiger partial charge in [-0.15, -0.1) is 0 Å². The number of nitrogens with one attached hydrogen (secondary N) is 1. The Morgan fingerprint density at radius 1 is 1.43 bits per heavy atom. The molecule has 4 nitrogen and oxygen atoms in total. The monoisotopic (exact) mass is 226 g/mol. The topological polar surface area (TPSA) is 76.0 Å². The Morgan fingerprint density at radius 2 is 2.00 bits per heavy atom. The van der Waals surface area contributed by atoms with Gasteiger partial charge in [0.05, 0.1) is 10.6 Å². The van der Waals surface area contributed by atoms with Crippen molar-refractivity contribution in [3.05, 3.63) is 22.6 Å². The number of pyridine rings is 1. The first-order valence-electron chi connectivity index (χ1n) is 3.29. The summed E-state index contributed by atoms with van der Waals surface area (Å²) in [5.74, 6) is 0. The molecule has 0 saturated carbocycles. The highest BCUT2D eigenvalue weighted by atomic mass is 32.2. The fraction of sp³-hybridized carbons (Fsp3) is 0.167. The van der Waals surface area contributed by atoms with Gasteiger partial charge in [0, 0.05) is 6.20 Å². The fourth-order valence-corrected chi connectivity index (χ4v) is 1.39. The van der Waals surface area contributed by atoms with E-state index in [1.165, 1.54) is 0 Å². The molecule has 0 fully saturated rings. The lowest BCUT2D eigenvalue weighted by molar-refractivity contribution is -0.0384. The number of aromatic amines is 1. The van der Waals surface area contributed by atoms with Crippen LogP contribution < -0.4 is 11.3 Å². The summed E-state index contributed by atoms with van der Waals surface area (Å²) >= 11 is 0. The summed E-state index contributed by atoms with van der Waals surface area (Å²) in [7, 11) is -3.17. The Bertz CT molecular complexity index is 426. The van der Waals surface area contributed by atoms with E-state index in [2.05, 4.69) is 0 Å². The zero-order valence-corrected chi connectivity index (χ0v) is 7.41. The zero-order valence-electron chi connectivity index (χ0n) is 6.59. The third-order valence-corrected chi connectivity index (χ3v) is 2.41. The van der Waals surface area contributed by atoms with E-state index in [0.717, 1.165) is 12.3 Å². The van der Waals surface area contributed by atoms with E-state index in [0.29, 0.717) is 0 Å². The minimum atomic E-state index is -4.86. The first-order chi connectivity index (χ1) is 6.32. The van der Waals surface area contributed by atoms with Crippen LogP contribution in [0.5, 0.6) is 0 Å². The van der Waals surface area contributed by atoms with E-state index >= 15 is 0 Å². The van der Waals surface area contributed by atoms with Crippen molar-refractivity contribution in [3.8, 4) is 0 Å². The van der Waals surface area contributed by atoms with Gasteiger partial charge in [0.2, 0.25) is 0 Å². The largest absolute Gasteiger partial charge is 0.475 e. The molecule has 1 unspecified atom stereocenters. The highest BCUT2D eigenvalue weighted by molar-refractivity contribution is 7.86. The van der Waals surface area contributed by atoms with Gasteiger partial charge in [-0.2, -0.15) is 13.2 Å². The molecule has 0 spiro atoms. The van der Waals surface area contributed by atoms with Crippen LogP contribution in [0.25, 0.3) is 0 Å². The molecule has 0 aliphatic heterocycles. The molecule has 0 bridgehead atoms. The lowest BCUT2D eigenvalue weighted by Gasteiger charge is -2.05. The molecule has 14 heavy (non-hydrogen) atoms. The van der Waals surface area contributed by atoms with Gasteiger partial charge in [-0.25, -0.2) is 4.21 Å². The van der Waals surface area contributed by atoms with E-state index in [-0.39, 0.29) is 0 Å². The number of aromatic nitrogens is 1. The molecule has 8 heteroatoms. The van der Waals surface area contributed by atoms with Crippen LogP contribution >= 0.6 is 0 Å². The first kappa shape index (κ1) is 10.8. The summed E-state index contributed by atoms with van der Waals surface area (Å²) in [5, 5.41) is 0. The van der Waals surface area contributed by atoms with Gasteiger partial charge in [0.15, 0.2) is 10.8 Å². The maximum Gasteiger partial charge on any atom is 0.475 e. The lowest BCUT2D eigenvalue weighted by Crippen LogP contribution is -2.19. The smallest absolute Gasteiger partial charge is 0.394 e. The van der Waals surface area contributed by atoms with Gasteiger partial charge in [0.25, 0.3) is 5.56 Å². The van der Waals surface area contributed by atoms with Crippen LogP contribution in [-0.2, 0) is 10.8 Å². The summed E-state index contributed by atoms with van der Waals surface area (Å²) in [6.07, 6.45) is 0.724. The summed E-state index contributed by atoms with van der Waals surface area (Å²) in [4.78, 5) is 12.1. The summed E-state index contributed by atoms with van der Waals surface area (Å²) in [6.45, 7) is 0. The normalized spacial score (nSPS) is 13.9. The fourth-order valence-electron chi connectivity index (χ4n) is 0.721. The average Bonchev–Trinajstić information content (AvgIpc) is 2.07. The summed E-state index contributed by atoms with van der Waals surface area (Å²) in [6, 6.07) is 0.739. The summed E-state index contributed by atoms with van der Waals surface area (Å²) in [5.41, 5.74) is -0.918. The molecule has 1 aromatic rings. The number of H-pyrrole nitrogens is 1. The van der Waals surface area contributed by atoms with Crippen LogP contribution in [0.15, 0.2) is 22.0 Å². The molecule has 3 N–H and O–H groups in total. The third kappa shape index (κ3) is 2.13. The number of anilines is 1. The van der Waals surface area contributed by atoms with Gasteiger partial charge in [0.1, 0.15) is 0 Å². The Kier molecular flexibility index (Phi) is 2.65. The van der Waals surface area contributed by atoms with Gasteiger partial charge >= 0.3 is 5.51 Å². The Morgan fingerprint density at radius 3 is 2.43 bits per heavy atom. The van der Waals surface area contributed by atoms with Gasteiger partial charge in [-0.05, 0) is 6.07 Å². The Balaban J connectivity index is 3.16. The molecule has 0 amide bonds. The second-order valence-electron chi connectivity index (χ2n) is 2.33. The highest BCUT2D eigenvalue weighted by Gasteiger charge is 2.38. The molecule has 78 valence electrons. The van der Waals surface area contributed by atoms with Crippen LogP contribution in [-0.4, -0.2) is 14.7 Å². The van der Waals surface area contributed by atoms with Crippen molar-refractivity contribution in [2.45, 2.75) is 10.4 Å². The van der Waals surface area contributed by atoms with Gasteiger partial charge in [-0.3, -0.25) is 4.79 Å². The average molecular weight is 226 g/mol. The molecule has 1 rings (SSSR count). The van der Waals surface area contributed by atoms with Crippen molar-refractivity contribution in [2.24, 2.45) is 0 Å². The van der Waals surface area contributed by atoms with E-state index in [1.807, 2.05) is 4.98 Å². The number of rotatable bonds is 1. The molecule has 1 atom stereocenters. The molecule has 0 radical (unpaired) electrons. The van der Waals surface area contributed by atoms with Crippen LogP contribution in [0.1, 0.15) is 0 Å². The first-order valence-corrected chi connectivity index (χ1v) is 4.44. The van der Waals surface area contributed by atoms with Crippen LogP contribution in [0.2, 0.25) is 0 Å². The van der Waals surface area contributed by atoms with Crippen molar-refractivity contribution in [1.82, 2.24) is 4.98 Å². The van der Waals surface area contributed by atoms with E-state index < -0.39 is 32.5 Å². The van der Waals surface area contributed by atoms with Crippen LogP contribution in [0.3, 0.4) is 0 Å². The van der Waals surface area contributed by atoms with Crippen LogP contribution in [0, 0.1) is 0 Å². The molecular weight excluding hydrogens is 221 g/mol. The van der Waals surface area contributed by atoms with Crippen molar-refractivity contribution >= 4 is 16.5 Å². The molecule has 1 aromatic heterocycles. The summed E-state index contributed by atoms with van der Waals surface area (Å²) < 4.78 is 46.5. The van der Waals surface area contributed by atoms with E-state index in [1.54, 1.807) is 0 Å². The Hall–Kier alpha value is -1.31. The highest BCUT2D eigenvalue weighted by Crippen LogP contribution is 2.25. The molecule has 0 aliphatic carbocycles. The molecular formula is C6H5F3N2O2S. The molecule has 0 saturated heterocycles. The number of nitrogen functional groups attached to an aromatic ring is 1. The Labute approximate surface area is 78.4 Å². The standard InChI is InChI=1S/C6H5F3N2O2S/c7-6(8,9)14(13)3-1-4(10)5(12)11-2-3/h1-2H,10H2,(H,11,12). The minimum absolute atomic E-state index is 0.403. The molecule has 0 aromatic carbocycles. The second-order valence-corrected chi connectivity index (χ2v) is 3.81. The second kappa shape index (κ2) is 3.45. The predicted molar refractivity (Wildman–Crippen MR) is 43.9 cm³/mol. The van der Waals surface area contributed by atoms with Crippen molar-refractivity contribution in [2.75, 3.05) is 5.73 Å². The third-order valence-electron chi connectivity index (χ3n) is 1.33.